The molecule has 8 heteroatoms. The second kappa shape index (κ2) is 7.11. The van der Waals surface area contributed by atoms with E-state index < -0.39 is 35.4 Å². The standard InChI is InChI=1S/C19H23N3O5/c1-3-4-9-19(2)17(26)22(18(27)20-19)11-12(23)10-21-15(24)13-7-5-6-8-14(13)16(21)25/h5-8,12,23H,3-4,9-11H2,1-2H3,(H,20,27)/t12-,19-/m1/s1. The molecule has 0 aromatic heterocycles. The first-order valence-electron chi connectivity index (χ1n) is 9.06. The first-order chi connectivity index (χ1) is 12.8. The van der Waals surface area contributed by atoms with Crippen molar-refractivity contribution in [2.45, 2.75) is 44.8 Å². The first-order valence-corrected chi connectivity index (χ1v) is 9.06. The number of imide groups is 2. The van der Waals surface area contributed by atoms with Gasteiger partial charge in [-0.3, -0.25) is 24.2 Å². The first kappa shape index (κ1) is 19.0. The molecule has 2 aliphatic heterocycles. The Bertz CT molecular complexity index is 773. The van der Waals surface area contributed by atoms with E-state index in [-0.39, 0.29) is 24.2 Å². The molecule has 1 aromatic rings. The van der Waals surface area contributed by atoms with Gasteiger partial charge in [-0.05, 0) is 25.5 Å². The van der Waals surface area contributed by atoms with Crippen LogP contribution in [0.3, 0.4) is 0 Å². The highest BCUT2D eigenvalue weighted by atomic mass is 16.3. The Kier molecular flexibility index (Phi) is 5.01. The highest BCUT2D eigenvalue weighted by Crippen LogP contribution is 2.25. The lowest BCUT2D eigenvalue weighted by atomic mass is 9.95. The number of β-amino-alcohol motifs (C(OH)–C–C–N with tert-alkyl or cyclic N) is 1. The van der Waals surface area contributed by atoms with Crippen molar-refractivity contribution in [1.29, 1.82) is 0 Å². The maximum Gasteiger partial charge on any atom is 0.325 e. The third-order valence-electron chi connectivity index (χ3n) is 5.04. The zero-order valence-corrected chi connectivity index (χ0v) is 15.4. The number of nitrogens with zero attached hydrogens (tertiary/aromatic N) is 2. The number of nitrogens with one attached hydrogen (secondary N) is 1. The van der Waals surface area contributed by atoms with Crippen molar-refractivity contribution in [3.8, 4) is 0 Å². The van der Waals surface area contributed by atoms with E-state index in [9.17, 15) is 24.3 Å². The molecular formula is C19H23N3O5. The van der Waals surface area contributed by atoms with Gasteiger partial charge < -0.3 is 10.4 Å². The molecule has 0 spiro atoms. The SMILES string of the molecule is CCCC[C@@]1(C)NC(=O)N(C[C@H](O)CN2C(=O)c3ccccc3C2=O)C1=O. The van der Waals surface area contributed by atoms with Crippen LogP contribution in [0.25, 0.3) is 0 Å². The van der Waals surface area contributed by atoms with Crippen LogP contribution in [0.5, 0.6) is 0 Å². The van der Waals surface area contributed by atoms with E-state index in [1.807, 2.05) is 6.92 Å². The van der Waals surface area contributed by atoms with Gasteiger partial charge in [-0.25, -0.2) is 4.79 Å². The minimum absolute atomic E-state index is 0.278. The van der Waals surface area contributed by atoms with Gasteiger partial charge in [0.1, 0.15) is 5.54 Å². The summed E-state index contributed by atoms with van der Waals surface area (Å²) in [5, 5.41) is 13.0. The summed E-state index contributed by atoms with van der Waals surface area (Å²) in [4.78, 5) is 51.4. The van der Waals surface area contributed by atoms with E-state index in [0.29, 0.717) is 6.42 Å². The molecule has 0 radical (unpaired) electrons. The fourth-order valence-electron chi connectivity index (χ4n) is 3.50. The largest absolute Gasteiger partial charge is 0.389 e. The number of amides is 5. The highest BCUT2D eigenvalue weighted by molar-refractivity contribution is 6.21. The number of urea groups is 1. The summed E-state index contributed by atoms with van der Waals surface area (Å²) in [5.74, 6) is -1.37. The molecule has 1 aromatic carbocycles. The third-order valence-corrected chi connectivity index (χ3v) is 5.04. The zero-order valence-electron chi connectivity index (χ0n) is 15.4. The molecule has 1 fully saturated rings. The van der Waals surface area contributed by atoms with Crippen molar-refractivity contribution in [2.24, 2.45) is 0 Å². The Balaban J connectivity index is 1.66. The summed E-state index contributed by atoms with van der Waals surface area (Å²) in [6.45, 7) is 3.10. The molecular weight excluding hydrogens is 350 g/mol. The molecule has 1 saturated heterocycles. The Morgan fingerprint density at radius 1 is 1.04 bits per heavy atom. The summed E-state index contributed by atoms with van der Waals surface area (Å²) in [7, 11) is 0. The van der Waals surface area contributed by atoms with Crippen LogP contribution in [0.4, 0.5) is 4.79 Å². The molecule has 0 unspecified atom stereocenters. The summed E-state index contributed by atoms with van der Waals surface area (Å²) in [6.07, 6.45) is 0.962. The van der Waals surface area contributed by atoms with Crippen molar-refractivity contribution in [2.75, 3.05) is 13.1 Å². The van der Waals surface area contributed by atoms with Crippen molar-refractivity contribution < 1.29 is 24.3 Å². The Hall–Kier alpha value is -2.74. The Morgan fingerprint density at radius 2 is 1.59 bits per heavy atom. The lowest BCUT2D eigenvalue weighted by Gasteiger charge is -2.24. The lowest BCUT2D eigenvalue weighted by molar-refractivity contribution is -0.132. The maximum atomic E-state index is 12.6. The molecule has 2 aliphatic rings. The predicted octanol–water partition coefficient (Wildman–Crippen LogP) is 1.14. The lowest BCUT2D eigenvalue weighted by Crippen LogP contribution is -2.46. The van der Waals surface area contributed by atoms with Crippen molar-refractivity contribution in [1.82, 2.24) is 15.1 Å². The van der Waals surface area contributed by atoms with Gasteiger partial charge in [0, 0.05) is 0 Å². The summed E-state index contributed by atoms with van der Waals surface area (Å²) >= 11 is 0. The molecule has 2 N–H and O–H groups in total. The van der Waals surface area contributed by atoms with Crippen LogP contribution in [0.15, 0.2) is 24.3 Å². The van der Waals surface area contributed by atoms with Crippen LogP contribution in [0.1, 0.15) is 53.8 Å². The molecule has 5 amide bonds. The van der Waals surface area contributed by atoms with E-state index in [4.69, 9.17) is 0 Å². The fourth-order valence-corrected chi connectivity index (χ4v) is 3.50. The number of aliphatic hydroxyl groups is 1. The van der Waals surface area contributed by atoms with Gasteiger partial charge in [0.15, 0.2) is 0 Å². The topological polar surface area (TPSA) is 107 Å². The number of hydrogen-bond donors (Lipinski definition) is 2. The van der Waals surface area contributed by atoms with Crippen molar-refractivity contribution >= 4 is 23.8 Å². The molecule has 27 heavy (non-hydrogen) atoms. The number of aliphatic hydroxyl groups excluding tert-OH is 1. The van der Waals surface area contributed by atoms with Gasteiger partial charge in [0.25, 0.3) is 17.7 Å². The molecule has 144 valence electrons. The van der Waals surface area contributed by atoms with E-state index in [1.54, 1.807) is 31.2 Å². The number of rotatable bonds is 7. The van der Waals surface area contributed by atoms with Gasteiger partial charge in [-0.1, -0.05) is 31.9 Å². The average molecular weight is 373 g/mol. The molecule has 8 nitrogen and oxygen atoms in total. The summed E-state index contributed by atoms with van der Waals surface area (Å²) in [5.41, 5.74) is -0.406. The fraction of sp³-hybridized carbons (Fsp3) is 0.474. The van der Waals surface area contributed by atoms with E-state index in [1.165, 1.54) is 0 Å². The monoisotopic (exact) mass is 373 g/mol. The normalized spacial score (nSPS) is 23.1. The van der Waals surface area contributed by atoms with Crippen LogP contribution in [0, 0.1) is 0 Å². The van der Waals surface area contributed by atoms with Crippen LogP contribution in [0.2, 0.25) is 0 Å². The molecule has 3 rings (SSSR count). The van der Waals surface area contributed by atoms with Crippen LogP contribution < -0.4 is 5.32 Å². The second-order valence-corrected chi connectivity index (χ2v) is 7.20. The van der Waals surface area contributed by atoms with Gasteiger partial charge in [-0.15, -0.1) is 0 Å². The van der Waals surface area contributed by atoms with Crippen molar-refractivity contribution in [3.63, 3.8) is 0 Å². The number of fused-ring (bicyclic) bond motifs is 1. The van der Waals surface area contributed by atoms with Gasteiger partial charge >= 0.3 is 6.03 Å². The molecule has 0 bridgehead atoms. The maximum absolute atomic E-state index is 12.6. The minimum atomic E-state index is -1.23. The Morgan fingerprint density at radius 3 is 2.15 bits per heavy atom. The molecule has 2 atom stereocenters. The van der Waals surface area contributed by atoms with Crippen molar-refractivity contribution in [3.05, 3.63) is 35.4 Å². The molecule has 2 heterocycles. The minimum Gasteiger partial charge on any atom is -0.389 e. The summed E-state index contributed by atoms with van der Waals surface area (Å²) < 4.78 is 0. The highest BCUT2D eigenvalue weighted by Gasteiger charge is 2.48. The van der Waals surface area contributed by atoms with E-state index >= 15 is 0 Å². The average Bonchev–Trinajstić information content (AvgIpc) is 3.00. The van der Waals surface area contributed by atoms with Gasteiger partial charge in [0.2, 0.25) is 0 Å². The number of carbonyl (C=O) groups excluding carboxylic acids is 4. The van der Waals surface area contributed by atoms with Crippen LogP contribution >= 0.6 is 0 Å². The van der Waals surface area contributed by atoms with Crippen LogP contribution in [-0.4, -0.2) is 63.4 Å². The number of hydrogen-bond acceptors (Lipinski definition) is 5. The zero-order chi connectivity index (χ0) is 19.8. The quantitative estimate of drug-likeness (QED) is 0.551. The Labute approximate surface area is 157 Å². The third kappa shape index (κ3) is 3.32. The molecule has 0 saturated carbocycles. The predicted molar refractivity (Wildman–Crippen MR) is 96.0 cm³/mol. The summed E-state index contributed by atoms with van der Waals surface area (Å²) in [6, 6.07) is 5.86. The van der Waals surface area contributed by atoms with E-state index in [0.717, 1.165) is 22.6 Å². The van der Waals surface area contributed by atoms with Crippen LogP contribution in [-0.2, 0) is 4.79 Å². The molecule has 0 aliphatic carbocycles. The van der Waals surface area contributed by atoms with Gasteiger partial charge in [0.05, 0.1) is 30.3 Å². The number of benzene rings is 1. The van der Waals surface area contributed by atoms with Gasteiger partial charge in [-0.2, -0.15) is 0 Å². The smallest absolute Gasteiger partial charge is 0.325 e. The second-order valence-electron chi connectivity index (χ2n) is 7.20. The number of unbranched alkanes of at least 4 members (excludes halogenated alkanes) is 1. The number of carbonyl (C=O) groups is 4. The van der Waals surface area contributed by atoms with E-state index in [2.05, 4.69) is 5.32 Å².